The second-order valence-electron chi connectivity index (χ2n) is 6.10. The highest BCUT2D eigenvalue weighted by Crippen LogP contribution is 2.21. The lowest BCUT2D eigenvalue weighted by atomic mass is 10.1. The predicted octanol–water partition coefficient (Wildman–Crippen LogP) is 1.27. The maximum atomic E-state index is 13.1. The molecule has 1 aromatic carbocycles. The molecule has 1 aliphatic rings. The fourth-order valence-corrected chi connectivity index (χ4v) is 3.34. The first-order valence-corrected chi connectivity index (χ1v) is 8.44. The topological polar surface area (TPSA) is 116 Å². The Morgan fingerprint density at radius 1 is 1.40 bits per heavy atom. The van der Waals surface area contributed by atoms with Crippen molar-refractivity contribution in [2.75, 3.05) is 18.1 Å². The lowest BCUT2D eigenvalue weighted by molar-refractivity contribution is 0.0874. The molecule has 2 aromatic rings. The van der Waals surface area contributed by atoms with Gasteiger partial charge in [-0.1, -0.05) is 17.7 Å². The van der Waals surface area contributed by atoms with Gasteiger partial charge in [0.2, 0.25) is 0 Å². The summed E-state index contributed by atoms with van der Waals surface area (Å²) in [6, 6.07) is 4.72. The molecule has 0 saturated carbocycles. The number of halogens is 1. The molecule has 1 atom stereocenters. The van der Waals surface area contributed by atoms with Gasteiger partial charge in [0.15, 0.2) is 0 Å². The van der Waals surface area contributed by atoms with E-state index in [0.29, 0.717) is 47.7 Å². The van der Waals surface area contributed by atoms with E-state index in [1.165, 1.54) is 4.68 Å². The minimum absolute atomic E-state index is 0.250. The normalized spacial score (nSPS) is 16.8. The molecule has 1 aromatic heterocycles. The molecule has 134 valence electrons. The van der Waals surface area contributed by atoms with E-state index in [1.807, 2.05) is 5.01 Å². The molecule has 0 radical (unpaired) electrons. The maximum Gasteiger partial charge on any atom is 0.404 e. The van der Waals surface area contributed by atoms with Crippen LogP contribution in [0.15, 0.2) is 23.0 Å². The van der Waals surface area contributed by atoms with Crippen molar-refractivity contribution >= 4 is 28.6 Å². The number of aromatic nitrogens is 2. The summed E-state index contributed by atoms with van der Waals surface area (Å²) in [7, 11) is 0. The van der Waals surface area contributed by atoms with Gasteiger partial charge >= 0.3 is 6.09 Å². The van der Waals surface area contributed by atoms with Gasteiger partial charge in [-0.05, 0) is 19.1 Å². The Hall–Kier alpha value is -2.32. The van der Waals surface area contributed by atoms with Crippen LogP contribution in [-0.2, 0) is 4.74 Å². The van der Waals surface area contributed by atoms with E-state index in [1.54, 1.807) is 25.1 Å². The van der Waals surface area contributed by atoms with Crippen LogP contribution in [0.5, 0.6) is 0 Å². The average molecular weight is 366 g/mol. The van der Waals surface area contributed by atoms with Gasteiger partial charge in [0, 0.05) is 25.9 Å². The van der Waals surface area contributed by atoms with Crippen LogP contribution in [0.1, 0.15) is 31.6 Å². The van der Waals surface area contributed by atoms with Crippen LogP contribution in [0.4, 0.5) is 4.79 Å². The minimum atomic E-state index is -0.786. The van der Waals surface area contributed by atoms with E-state index in [9.17, 15) is 9.59 Å². The van der Waals surface area contributed by atoms with Crippen molar-refractivity contribution in [3.05, 3.63) is 39.4 Å². The summed E-state index contributed by atoms with van der Waals surface area (Å²) in [6.45, 7) is 2.79. The number of piperidine rings is 1. The van der Waals surface area contributed by atoms with Gasteiger partial charge in [-0.2, -0.15) is 0 Å². The van der Waals surface area contributed by atoms with Crippen molar-refractivity contribution in [2.45, 2.75) is 31.9 Å². The molecule has 2 heterocycles. The van der Waals surface area contributed by atoms with Gasteiger partial charge in [-0.25, -0.2) is 14.5 Å². The summed E-state index contributed by atoms with van der Waals surface area (Å²) < 4.78 is 6.54. The largest absolute Gasteiger partial charge is 0.446 e. The van der Waals surface area contributed by atoms with E-state index in [2.05, 4.69) is 4.98 Å². The van der Waals surface area contributed by atoms with Crippen molar-refractivity contribution in [3.63, 3.8) is 0 Å². The second kappa shape index (κ2) is 6.89. The number of primary amides is 1. The molecule has 4 N–H and O–H groups in total. The number of carbonyl (C=O) groups excluding carboxylic acids is 1. The summed E-state index contributed by atoms with van der Waals surface area (Å²) in [5, 5.41) is 2.58. The molecule has 1 amide bonds. The molecule has 1 fully saturated rings. The van der Waals surface area contributed by atoms with Crippen molar-refractivity contribution in [1.82, 2.24) is 9.66 Å². The quantitative estimate of drug-likeness (QED) is 0.845. The van der Waals surface area contributed by atoms with Crippen molar-refractivity contribution in [3.8, 4) is 0 Å². The zero-order valence-electron chi connectivity index (χ0n) is 13.8. The zero-order chi connectivity index (χ0) is 18.1. The first-order chi connectivity index (χ1) is 11.9. The molecular formula is C16H20ClN5O3. The zero-order valence-corrected chi connectivity index (χ0v) is 14.6. The van der Waals surface area contributed by atoms with Crippen LogP contribution < -0.4 is 22.0 Å². The molecule has 0 unspecified atom stereocenters. The van der Waals surface area contributed by atoms with Gasteiger partial charge in [0.25, 0.3) is 5.56 Å². The highest BCUT2D eigenvalue weighted by molar-refractivity contribution is 6.35. The Labute approximate surface area is 149 Å². The lowest BCUT2D eigenvalue weighted by Crippen LogP contribution is -2.51. The lowest BCUT2D eigenvalue weighted by Gasteiger charge is -2.35. The number of carbonyl (C=O) groups is 1. The van der Waals surface area contributed by atoms with Gasteiger partial charge in [0.05, 0.1) is 22.0 Å². The van der Waals surface area contributed by atoms with Crippen LogP contribution >= 0.6 is 11.6 Å². The van der Waals surface area contributed by atoms with E-state index < -0.39 is 12.1 Å². The number of nitrogens with two attached hydrogens (primary N) is 2. The predicted molar refractivity (Wildman–Crippen MR) is 95.3 cm³/mol. The van der Waals surface area contributed by atoms with E-state index in [-0.39, 0.29) is 11.7 Å². The van der Waals surface area contributed by atoms with Gasteiger partial charge in [0.1, 0.15) is 11.9 Å². The average Bonchev–Trinajstić information content (AvgIpc) is 2.55. The molecule has 1 aliphatic heterocycles. The minimum Gasteiger partial charge on any atom is -0.446 e. The van der Waals surface area contributed by atoms with E-state index in [0.717, 1.165) is 0 Å². The highest BCUT2D eigenvalue weighted by atomic mass is 35.5. The van der Waals surface area contributed by atoms with Crippen molar-refractivity contribution in [2.24, 2.45) is 11.5 Å². The Kier molecular flexibility index (Phi) is 4.82. The fraction of sp³-hybridized carbons (Fsp3) is 0.438. The van der Waals surface area contributed by atoms with Crippen molar-refractivity contribution < 1.29 is 9.53 Å². The van der Waals surface area contributed by atoms with Gasteiger partial charge < -0.3 is 21.2 Å². The Morgan fingerprint density at radius 2 is 2.08 bits per heavy atom. The smallest absolute Gasteiger partial charge is 0.404 e. The van der Waals surface area contributed by atoms with Crippen LogP contribution in [0, 0.1) is 0 Å². The summed E-state index contributed by atoms with van der Waals surface area (Å²) >= 11 is 6.21. The Balaban J connectivity index is 2.02. The van der Waals surface area contributed by atoms with Gasteiger partial charge in [-0.3, -0.25) is 4.79 Å². The van der Waals surface area contributed by atoms with Gasteiger partial charge in [-0.15, -0.1) is 0 Å². The molecule has 25 heavy (non-hydrogen) atoms. The van der Waals surface area contributed by atoms with Crippen molar-refractivity contribution in [1.29, 1.82) is 0 Å². The molecule has 9 heteroatoms. The molecule has 1 saturated heterocycles. The molecule has 0 spiro atoms. The molecular weight excluding hydrogens is 346 g/mol. The number of fused-ring (bicyclic) bond motifs is 1. The van der Waals surface area contributed by atoms with Crippen LogP contribution in [0.2, 0.25) is 5.02 Å². The first kappa shape index (κ1) is 17.5. The molecule has 8 nitrogen and oxygen atoms in total. The molecule has 0 aliphatic carbocycles. The summed E-state index contributed by atoms with van der Waals surface area (Å²) in [5.74, 6) is 0.467. The maximum absolute atomic E-state index is 13.1. The standard InChI is InChI=1S/C16H20ClN5O3/c1-9(18)14-20-12-4-2-3-11(17)13(12)15(23)22(14)21-7-5-10(6-8-21)25-16(19)24/h2-4,9-10H,5-8,18H2,1H3,(H2,19,24)/t9-/m0/s1. The third-order valence-corrected chi connectivity index (χ3v) is 4.56. The third kappa shape index (κ3) is 3.40. The summed E-state index contributed by atoms with van der Waals surface area (Å²) in [6.07, 6.45) is 0.0918. The van der Waals surface area contributed by atoms with E-state index in [4.69, 9.17) is 27.8 Å². The van der Waals surface area contributed by atoms with E-state index >= 15 is 0 Å². The molecule has 3 rings (SSSR count). The SMILES string of the molecule is C[C@H](N)c1nc2cccc(Cl)c2c(=O)n1N1CCC(OC(N)=O)CC1. The third-order valence-electron chi connectivity index (χ3n) is 4.24. The number of ether oxygens (including phenoxy) is 1. The molecule has 0 bridgehead atoms. The Bertz CT molecular complexity index is 859. The number of benzene rings is 1. The number of nitrogens with zero attached hydrogens (tertiary/aromatic N) is 3. The number of amides is 1. The number of hydrogen-bond donors (Lipinski definition) is 2. The monoisotopic (exact) mass is 365 g/mol. The highest BCUT2D eigenvalue weighted by Gasteiger charge is 2.26. The number of rotatable bonds is 3. The Morgan fingerprint density at radius 3 is 2.68 bits per heavy atom. The summed E-state index contributed by atoms with van der Waals surface area (Å²) in [4.78, 5) is 28.5. The second-order valence-corrected chi connectivity index (χ2v) is 6.51. The fourth-order valence-electron chi connectivity index (χ4n) is 3.09. The van der Waals surface area contributed by atoms with Crippen LogP contribution in [0.3, 0.4) is 0 Å². The summed E-state index contributed by atoms with van der Waals surface area (Å²) in [5.41, 5.74) is 11.4. The first-order valence-electron chi connectivity index (χ1n) is 8.06. The van der Waals surface area contributed by atoms with Crippen LogP contribution in [-0.4, -0.2) is 34.9 Å². The number of hydrogen-bond acceptors (Lipinski definition) is 6. The van der Waals surface area contributed by atoms with Crippen LogP contribution in [0.25, 0.3) is 10.9 Å².